The number of aliphatic hydroxyl groups excluding tert-OH is 1. The molecule has 0 aromatic heterocycles. The van der Waals surface area contributed by atoms with E-state index in [4.69, 9.17) is 0 Å². The van der Waals surface area contributed by atoms with Gasteiger partial charge in [0.25, 0.3) is 5.91 Å². The molecule has 1 aliphatic rings. The van der Waals surface area contributed by atoms with Crippen LogP contribution in [0.5, 0.6) is 0 Å². The maximum absolute atomic E-state index is 12.6. The van der Waals surface area contributed by atoms with Crippen molar-refractivity contribution >= 4 is 11.6 Å². The summed E-state index contributed by atoms with van der Waals surface area (Å²) in [6.45, 7) is 8.25. The van der Waals surface area contributed by atoms with Gasteiger partial charge in [-0.3, -0.25) is 4.79 Å². The van der Waals surface area contributed by atoms with Gasteiger partial charge in [0.2, 0.25) is 0 Å². The van der Waals surface area contributed by atoms with Crippen LogP contribution in [0.3, 0.4) is 0 Å². The number of carbonyl (C=O) groups is 1. The quantitative estimate of drug-likeness (QED) is 0.876. The van der Waals surface area contributed by atoms with E-state index < -0.39 is 0 Å². The van der Waals surface area contributed by atoms with Gasteiger partial charge in [0.05, 0.1) is 6.10 Å². The summed E-state index contributed by atoms with van der Waals surface area (Å²) in [6, 6.07) is 5.91. The van der Waals surface area contributed by atoms with Crippen molar-refractivity contribution in [3.63, 3.8) is 0 Å². The monoisotopic (exact) mass is 290 g/mol. The van der Waals surface area contributed by atoms with E-state index >= 15 is 0 Å². The molecule has 2 rings (SSSR count). The zero-order valence-electron chi connectivity index (χ0n) is 13.2. The molecule has 1 aromatic rings. The van der Waals surface area contributed by atoms with Gasteiger partial charge in [-0.05, 0) is 50.5 Å². The number of carbonyl (C=O) groups excluding carboxylic acids is 1. The van der Waals surface area contributed by atoms with E-state index in [2.05, 4.69) is 12.2 Å². The fraction of sp³-hybridized carbons (Fsp3) is 0.588. The van der Waals surface area contributed by atoms with Crippen molar-refractivity contribution < 1.29 is 9.90 Å². The lowest BCUT2D eigenvalue weighted by atomic mass is 10.0. The molecule has 1 fully saturated rings. The molecule has 1 aliphatic heterocycles. The van der Waals surface area contributed by atoms with Gasteiger partial charge in [0, 0.05) is 36.8 Å². The molecule has 4 nitrogen and oxygen atoms in total. The molecule has 4 heteroatoms. The molecular weight excluding hydrogens is 264 g/mol. The fourth-order valence-electron chi connectivity index (χ4n) is 2.82. The number of likely N-dealkylation sites (tertiary alicyclic amines) is 1. The minimum absolute atomic E-state index is 0.0812. The number of anilines is 1. The van der Waals surface area contributed by atoms with E-state index in [9.17, 15) is 9.90 Å². The highest BCUT2D eigenvalue weighted by Crippen LogP contribution is 2.23. The molecule has 1 amide bonds. The summed E-state index contributed by atoms with van der Waals surface area (Å²) in [4.78, 5) is 14.4. The van der Waals surface area contributed by atoms with Gasteiger partial charge in [-0.1, -0.05) is 6.92 Å². The Kier molecular flexibility index (Phi) is 5.23. The van der Waals surface area contributed by atoms with Gasteiger partial charge < -0.3 is 15.3 Å². The molecule has 1 saturated heterocycles. The summed E-state index contributed by atoms with van der Waals surface area (Å²) < 4.78 is 0. The summed E-state index contributed by atoms with van der Waals surface area (Å²) in [5, 5.41) is 13.0. The van der Waals surface area contributed by atoms with Gasteiger partial charge in [0.1, 0.15) is 0 Å². The largest absolute Gasteiger partial charge is 0.393 e. The molecule has 1 heterocycles. The topological polar surface area (TPSA) is 52.6 Å². The van der Waals surface area contributed by atoms with Crippen LogP contribution in [0.2, 0.25) is 0 Å². The number of aliphatic hydroxyl groups is 1. The van der Waals surface area contributed by atoms with Crippen LogP contribution in [0.4, 0.5) is 5.69 Å². The Morgan fingerprint density at radius 3 is 2.86 bits per heavy atom. The standard InChI is InChI=1S/C17H26N2O2/c1-4-8-18-15-5-6-16(12(2)10-15)17(21)19-9-7-14(11-19)13(3)20/h5-6,10,13-14,18,20H,4,7-9,11H2,1-3H3. The predicted molar refractivity (Wildman–Crippen MR) is 85.7 cm³/mol. The molecule has 0 radical (unpaired) electrons. The smallest absolute Gasteiger partial charge is 0.254 e. The molecule has 2 unspecified atom stereocenters. The second kappa shape index (κ2) is 6.94. The van der Waals surface area contributed by atoms with Crippen molar-refractivity contribution in [1.82, 2.24) is 4.90 Å². The van der Waals surface area contributed by atoms with E-state index in [0.29, 0.717) is 6.54 Å². The van der Waals surface area contributed by atoms with E-state index in [0.717, 1.165) is 42.7 Å². The first-order valence-corrected chi connectivity index (χ1v) is 7.84. The zero-order chi connectivity index (χ0) is 15.4. The number of amides is 1. The summed E-state index contributed by atoms with van der Waals surface area (Å²) in [5.74, 6) is 0.289. The number of nitrogens with zero attached hydrogens (tertiary/aromatic N) is 1. The van der Waals surface area contributed by atoms with Gasteiger partial charge in [0.15, 0.2) is 0 Å². The summed E-state index contributed by atoms with van der Waals surface area (Å²) in [5.41, 5.74) is 2.83. The summed E-state index contributed by atoms with van der Waals surface area (Å²) in [7, 11) is 0. The third kappa shape index (κ3) is 3.76. The van der Waals surface area contributed by atoms with Crippen molar-refractivity contribution in [2.24, 2.45) is 5.92 Å². The number of aryl methyl sites for hydroxylation is 1. The lowest BCUT2D eigenvalue weighted by molar-refractivity contribution is 0.0762. The normalized spacial score (nSPS) is 19.6. The van der Waals surface area contributed by atoms with Crippen LogP contribution in [0, 0.1) is 12.8 Å². The lowest BCUT2D eigenvalue weighted by Crippen LogP contribution is -2.30. The Morgan fingerprint density at radius 1 is 1.52 bits per heavy atom. The van der Waals surface area contributed by atoms with Gasteiger partial charge in [-0.15, -0.1) is 0 Å². The molecule has 0 saturated carbocycles. The molecule has 116 valence electrons. The number of hydrogen-bond acceptors (Lipinski definition) is 3. The van der Waals surface area contributed by atoms with Crippen LogP contribution >= 0.6 is 0 Å². The van der Waals surface area contributed by atoms with Crippen LogP contribution in [0.25, 0.3) is 0 Å². The van der Waals surface area contributed by atoms with E-state index in [1.807, 2.05) is 30.0 Å². The molecule has 2 N–H and O–H groups in total. The van der Waals surface area contributed by atoms with E-state index in [1.165, 1.54) is 0 Å². The molecule has 1 aromatic carbocycles. The Hall–Kier alpha value is -1.55. The van der Waals surface area contributed by atoms with Crippen molar-refractivity contribution in [3.05, 3.63) is 29.3 Å². The molecule has 0 spiro atoms. The first kappa shape index (κ1) is 15.8. The second-order valence-electron chi connectivity index (χ2n) is 6.00. The minimum Gasteiger partial charge on any atom is -0.393 e. The van der Waals surface area contributed by atoms with Crippen LogP contribution in [0.15, 0.2) is 18.2 Å². The van der Waals surface area contributed by atoms with Crippen LogP contribution in [-0.2, 0) is 0 Å². The van der Waals surface area contributed by atoms with Crippen molar-refractivity contribution in [2.75, 3.05) is 25.0 Å². The van der Waals surface area contributed by atoms with Crippen molar-refractivity contribution in [3.8, 4) is 0 Å². The SMILES string of the molecule is CCCNc1ccc(C(=O)N2CCC(C(C)O)C2)c(C)c1. The first-order chi connectivity index (χ1) is 10.0. The van der Waals surface area contributed by atoms with Crippen LogP contribution in [0.1, 0.15) is 42.6 Å². The van der Waals surface area contributed by atoms with Gasteiger partial charge in [-0.25, -0.2) is 0 Å². The highest BCUT2D eigenvalue weighted by atomic mass is 16.3. The number of rotatable bonds is 5. The highest BCUT2D eigenvalue weighted by Gasteiger charge is 2.30. The van der Waals surface area contributed by atoms with Crippen molar-refractivity contribution in [1.29, 1.82) is 0 Å². The van der Waals surface area contributed by atoms with Crippen LogP contribution < -0.4 is 5.32 Å². The third-order valence-electron chi connectivity index (χ3n) is 4.23. The fourth-order valence-corrected chi connectivity index (χ4v) is 2.82. The lowest BCUT2D eigenvalue weighted by Gasteiger charge is -2.19. The summed E-state index contributed by atoms with van der Waals surface area (Å²) >= 11 is 0. The summed E-state index contributed by atoms with van der Waals surface area (Å²) in [6.07, 6.45) is 1.62. The Balaban J connectivity index is 2.06. The van der Waals surface area contributed by atoms with E-state index in [1.54, 1.807) is 6.92 Å². The van der Waals surface area contributed by atoms with Crippen molar-refractivity contribution in [2.45, 2.75) is 39.7 Å². The maximum atomic E-state index is 12.6. The molecule has 21 heavy (non-hydrogen) atoms. The molecular formula is C17H26N2O2. The minimum atomic E-state index is -0.343. The third-order valence-corrected chi connectivity index (χ3v) is 4.23. The van der Waals surface area contributed by atoms with Gasteiger partial charge in [-0.2, -0.15) is 0 Å². The molecule has 2 atom stereocenters. The molecule has 0 bridgehead atoms. The van der Waals surface area contributed by atoms with E-state index in [-0.39, 0.29) is 17.9 Å². The van der Waals surface area contributed by atoms with Gasteiger partial charge >= 0.3 is 0 Å². The number of hydrogen-bond donors (Lipinski definition) is 2. The maximum Gasteiger partial charge on any atom is 0.254 e. The predicted octanol–water partition coefficient (Wildman–Crippen LogP) is 2.66. The zero-order valence-corrected chi connectivity index (χ0v) is 13.2. The molecule has 0 aliphatic carbocycles. The average Bonchev–Trinajstić information content (AvgIpc) is 2.94. The first-order valence-electron chi connectivity index (χ1n) is 7.84. The Bertz CT molecular complexity index is 500. The Labute approximate surface area is 127 Å². The average molecular weight is 290 g/mol. The second-order valence-corrected chi connectivity index (χ2v) is 6.00. The Morgan fingerprint density at radius 2 is 2.29 bits per heavy atom. The highest BCUT2D eigenvalue weighted by molar-refractivity contribution is 5.96. The van der Waals surface area contributed by atoms with Crippen LogP contribution in [-0.4, -0.2) is 41.7 Å². The number of nitrogens with one attached hydrogen (secondary N) is 1. The number of benzene rings is 1.